The van der Waals surface area contributed by atoms with Crippen molar-refractivity contribution in [1.82, 2.24) is 0 Å². The lowest BCUT2D eigenvalue weighted by atomic mass is 10.0. The van der Waals surface area contributed by atoms with Crippen molar-refractivity contribution in [2.45, 2.75) is 232 Å². The van der Waals surface area contributed by atoms with Gasteiger partial charge < -0.3 is 9.84 Å². The zero-order valence-corrected chi connectivity index (χ0v) is 30.3. The third kappa shape index (κ3) is 40.7. The zero-order chi connectivity index (χ0) is 32.7. The number of unbranched alkanes of at least 4 members (excludes halogenated alkanes) is 30. The molecule has 1 N–H and O–H groups in total. The minimum absolute atomic E-state index is 0.00647. The molecule has 0 fully saturated rings. The van der Waals surface area contributed by atoms with Crippen LogP contribution >= 0.6 is 0 Å². The second-order valence-electron chi connectivity index (χ2n) is 13.8. The molecule has 0 aromatic carbocycles. The van der Waals surface area contributed by atoms with Gasteiger partial charge in [-0.2, -0.15) is 0 Å². The minimum atomic E-state index is -0.657. The van der Waals surface area contributed by atoms with Crippen molar-refractivity contribution < 1.29 is 19.4 Å². The molecule has 0 amide bonds. The van der Waals surface area contributed by atoms with Crippen LogP contribution in [0.4, 0.5) is 0 Å². The monoisotopic (exact) mass is 635 g/mol. The highest BCUT2D eigenvalue weighted by Gasteiger charge is 2.03. The molecule has 0 bridgehead atoms. The molecule has 0 radical (unpaired) electrons. The number of carboxylic acid groups (broad SMARTS) is 1. The fraction of sp³-hybridized carbons (Fsp3) is 0.902. The van der Waals surface area contributed by atoms with E-state index in [1.807, 2.05) is 0 Å². The largest absolute Gasteiger partial charge is 0.481 e. The highest BCUT2D eigenvalue weighted by atomic mass is 16.5. The molecule has 0 aliphatic rings. The summed E-state index contributed by atoms with van der Waals surface area (Å²) >= 11 is 0. The summed E-state index contributed by atoms with van der Waals surface area (Å²) in [6.45, 7) is 2.88. The summed E-state index contributed by atoms with van der Waals surface area (Å²) in [7, 11) is 0. The lowest BCUT2D eigenvalue weighted by molar-refractivity contribution is -0.144. The number of carbonyl (C=O) groups excluding carboxylic acids is 1. The molecule has 4 heteroatoms. The molecule has 0 rings (SSSR count). The van der Waals surface area contributed by atoms with Gasteiger partial charge in [-0.15, -0.1) is 0 Å². The van der Waals surface area contributed by atoms with Crippen LogP contribution in [-0.4, -0.2) is 23.7 Å². The van der Waals surface area contributed by atoms with Gasteiger partial charge in [-0.05, 0) is 44.9 Å². The molecule has 0 atom stereocenters. The van der Waals surface area contributed by atoms with Crippen LogP contribution in [0.5, 0.6) is 0 Å². The standard InChI is InChI=1S/C41H78O4/c1-2-3-4-5-6-7-8-19-23-26-29-32-35-38-41(44)45-39-36-33-30-27-24-21-18-16-14-12-10-9-11-13-15-17-20-22-25-28-31-34-37-40(42)43/h7-8H,2-6,9-39H2,1H3,(H,42,43)/b8-7-. The van der Waals surface area contributed by atoms with E-state index in [1.54, 1.807) is 0 Å². The number of hydrogen-bond acceptors (Lipinski definition) is 3. The summed E-state index contributed by atoms with van der Waals surface area (Å²) in [6, 6.07) is 0. The summed E-state index contributed by atoms with van der Waals surface area (Å²) in [4.78, 5) is 22.4. The number of allylic oxidation sites excluding steroid dienone is 2. The Morgan fingerprint density at radius 2 is 0.733 bits per heavy atom. The van der Waals surface area contributed by atoms with Gasteiger partial charge in [0.2, 0.25) is 0 Å². The van der Waals surface area contributed by atoms with Crippen molar-refractivity contribution in [2.75, 3.05) is 6.61 Å². The van der Waals surface area contributed by atoms with Gasteiger partial charge in [0.25, 0.3) is 0 Å². The number of carboxylic acids is 1. The molecule has 4 nitrogen and oxygen atoms in total. The van der Waals surface area contributed by atoms with Crippen molar-refractivity contribution in [3.8, 4) is 0 Å². The van der Waals surface area contributed by atoms with Crippen molar-refractivity contribution in [3.63, 3.8) is 0 Å². The Kier molecular flexibility index (Phi) is 37.7. The fourth-order valence-electron chi connectivity index (χ4n) is 6.16. The third-order valence-corrected chi connectivity index (χ3v) is 9.19. The first-order valence-corrected chi connectivity index (χ1v) is 20.2. The molecular formula is C41H78O4. The zero-order valence-electron chi connectivity index (χ0n) is 30.3. The van der Waals surface area contributed by atoms with E-state index < -0.39 is 5.97 Å². The van der Waals surface area contributed by atoms with E-state index in [2.05, 4.69) is 19.1 Å². The second kappa shape index (κ2) is 38.9. The highest BCUT2D eigenvalue weighted by Crippen LogP contribution is 2.16. The highest BCUT2D eigenvalue weighted by molar-refractivity contribution is 5.69. The summed E-state index contributed by atoms with van der Waals surface area (Å²) in [6.07, 6.45) is 48.1. The normalized spacial score (nSPS) is 11.5. The van der Waals surface area contributed by atoms with Crippen LogP contribution < -0.4 is 0 Å². The van der Waals surface area contributed by atoms with E-state index in [1.165, 1.54) is 180 Å². The van der Waals surface area contributed by atoms with Gasteiger partial charge in [0, 0.05) is 12.8 Å². The number of hydrogen-bond donors (Lipinski definition) is 1. The van der Waals surface area contributed by atoms with Crippen LogP contribution in [0.25, 0.3) is 0 Å². The Balaban J connectivity index is 3.16. The molecule has 0 aromatic heterocycles. The maximum atomic E-state index is 11.9. The van der Waals surface area contributed by atoms with Crippen molar-refractivity contribution in [1.29, 1.82) is 0 Å². The Morgan fingerprint density at radius 3 is 1.11 bits per heavy atom. The molecule has 0 spiro atoms. The number of esters is 1. The van der Waals surface area contributed by atoms with Gasteiger partial charge >= 0.3 is 11.9 Å². The summed E-state index contributed by atoms with van der Waals surface area (Å²) in [5.74, 6) is -0.651. The van der Waals surface area contributed by atoms with Gasteiger partial charge in [-0.1, -0.05) is 186 Å². The SMILES string of the molecule is CCCCCC/C=C\CCCCCCCC(=O)OCCCCCCCCCCCCCCCCCCCCCCCCC(=O)O. The Morgan fingerprint density at radius 1 is 0.422 bits per heavy atom. The van der Waals surface area contributed by atoms with E-state index in [0.717, 1.165) is 32.1 Å². The average molecular weight is 635 g/mol. The maximum absolute atomic E-state index is 11.9. The minimum Gasteiger partial charge on any atom is -0.481 e. The van der Waals surface area contributed by atoms with E-state index in [9.17, 15) is 9.59 Å². The van der Waals surface area contributed by atoms with Crippen LogP contribution in [-0.2, 0) is 14.3 Å². The lowest BCUT2D eigenvalue weighted by Gasteiger charge is -2.06. The van der Waals surface area contributed by atoms with Gasteiger partial charge in [-0.3, -0.25) is 9.59 Å². The molecule has 0 unspecified atom stereocenters. The number of aliphatic carboxylic acids is 1. The molecule has 0 saturated carbocycles. The van der Waals surface area contributed by atoms with Crippen LogP contribution in [0.15, 0.2) is 12.2 Å². The van der Waals surface area contributed by atoms with Gasteiger partial charge in [-0.25, -0.2) is 0 Å². The van der Waals surface area contributed by atoms with E-state index in [4.69, 9.17) is 9.84 Å². The van der Waals surface area contributed by atoms with Gasteiger partial charge in [0.05, 0.1) is 6.61 Å². The number of carbonyl (C=O) groups is 2. The first-order chi connectivity index (χ1) is 22.2. The van der Waals surface area contributed by atoms with Gasteiger partial charge in [0.15, 0.2) is 0 Å². The molecule has 0 saturated heterocycles. The van der Waals surface area contributed by atoms with E-state index in [0.29, 0.717) is 19.4 Å². The van der Waals surface area contributed by atoms with Gasteiger partial charge in [0.1, 0.15) is 0 Å². The summed E-state index contributed by atoms with van der Waals surface area (Å²) in [5, 5.41) is 8.64. The second-order valence-corrected chi connectivity index (χ2v) is 13.8. The summed E-state index contributed by atoms with van der Waals surface area (Å²) in [5.41, 5.74) is 0. The van der Waals surface area contributed by atoms with Crippen LogP contribution in [0.2, 0.25) is 0 Å². The van der Waals surface area contributed by atoms with E-state index in [-0.39, 0.29) is 5.97 Å². The average Bonchev–Trinajstić information content (AvgIpc) is 3.03. The Bertz CT molecular complexity index is 629. The predicted octanol–water partition coefficient (Wildman–Crippen LogP) is 13.8. The lowest BCUT2D eigenvalue weighted by Crippen LogP contribution is -2.05. The Labute approximate surface area is 281 Å². The number of ether oxygens (including phenoxy) is 1. The maximum Gasteiger partial charge on any atom is 0.305 e. The van der Waals surface area contributed by atoms with Crippen LogP contribution in [0.1, 0.15) is 232 Å². The quantitative estimate of drug-likeness (QED) is 0.0417. The molecular weight excluding hydrogens is 556 g/mol. The molecule has 266 valence electrons. The van der Waals surface area contributed by atoms with Crippen molar-refractivity contribution in [3.05, 3.63) is 12.2 Å². The molecule has 0 aliphatic heterocycles. The smallest absolute Gasteiger partial charge is 0.305 e. The van der Waals surface area contributed by atoms with E-state index >= 15 is 0 Å². The predicted molar refractivity (Wildman–Crippen MR) is 195 cm³/mol. The molecule has 0 aliphatic carbocycles. The summed E-state index contributed by atoms with van der Waals surface area (Å²) < 4.78 is 5.44. The van der Waals surface area contributed by atoms with Crippen molar-refractivity contribution >= 4 is 11.9 Å². The first-order valence-electron chi connectivity index (χ1n) is 20.2. The Hall–Kier alpha value is -1.32. The number of rotatable bonds is 38. The molecule has 45 heavy (non-hydrogen) atoms. The third-order valence-electron chi connectivity index (χ3n) is 9.19. The topological polar surface area (TPSA) is 63.6 Å². The molecule has 0 heterocycles. The van der Waals surface area contributed by atoms with Crippen LogP contribution in [0, 0.1) is 0 Å². The molecule has 0 aromatic rings. The van der Waals surface area contributed by atoms with Crippen LogP contribution in [0.3, 0.4) is 0 Å². The van der Waals surface area contributed by atoms with Crippen molar-refractivity contribution in [2.24, 2.45) is 0 Å². The fourth-order valence-corrected chi connectivity index (χ4v) is 6.16. The first kappa shape index (κ1) is 43.7.